The van der Waals surface area contributed by atoms with Gasteiger partial charge in [-0.3, -0.25) is 0 Å². The third-order valence-corrected chi connectivity index (χ3v) is 4.85. The molecule has 0 aromatic heterocycles. The van der Waals surface area contributed by atoms with Crippen molar-refractivity contribution in [2.45, 2.75) is 51.0 Å². The van der Waals surface area contributed by atoms with Gasteiger partial charge in [0.05, 0.1) is 0 Å². The van der Waals surface area contributed by atoms with E-state index in [4.69, 9.17) is 0 Å². The van der Waals surface area contributed by atoms with Crippen LogP contribution >= 0.6 is 0 Å². The average Bonchev–Trinajstić information content (AvgIpc) is 2.46. The molecule has 2 heteroatoms. The lowest BCUT2D eigenvalue weighted by Gasteiger charge is -2.33. The maximum atomic E-state index is 3.73. The normalized spacial score (nSPS) is 23.9. The molecule has 3 rings (SSSR count). The minimum absolute atomic E-state index is 0.716. The zero-order chi connectivity index (χ0) is 13.1. The highest BCUT2D eigenvalue weighted by Crippen LogP contribution is 2.28. The molecule has 1 unspecified atom stereocenters. The van der Waals surface area contributed by atoms with Gasteiger partial charge in [0, 0.05) is 18.3 Å². The molecule has 1 atom stereocenters. The van der Waals surface area contributed by atoms with E-state index in [0.717, 1.165) is 6.54 Å². The predicted octanol–water partition coefficient (Wildman–Crippen LogP) is 3.46. The van der Waals surface area contributed by atoms with Crippen LogP contribution in [0.3, 0.4) is 0 Å². The van der Waals surface area contributed by atoms with E-state index in [-0.39, 0.29) is 0 Å². The highest BCUT2D eigenvalue weighted by atomic mass is 15.2. The molecular formula is C17H26N2. The predicted molar refractivity (Wildman–Crippen MR) is 81.8 cm³/mol. The fraction of sp³-hybridized carbons (Fsp3) is 0.647. The first-order valence-corrected chi connectivity index (χ1v) is 7.89. The number of fused-ring (bicyclic) bond motifs is 1. The Bertz CT molecular complexity index is 427. The van der Waals surface area contributed by atoms with Crippen LogP contribution in [0.1, 0.15) is 43.2 Å². The number of rotatable bonds is 3. The molecule has 2 aliphatic rings. The quantitative estimate of drug-likeness (QED) is 0.893. The Morgan fingerprint density at radius 2 is 2.05 bits per heavy atom. The Morgan fingerprint density at radius 3 is 2.95 bits per heavy atom. The second-order valence-corrected chi connectivity index (χ2v) is 6.16. The summed E-state index contributed by atoms with van der Waals surface area (Å²) in [4.78, 5) is 2.52. The van der Waals surface area contributed by atoms with Crippen LogP contribution in [0.2, 0.25) is 0 Å². The van der Waals surface area contributed by atoms with Gasteiger partial charge in [0.15, 0.2) is 0 Å². The molecule has 1 saturated heterocycles. The third kappa shape index (κ3) is 2.94. The SMILES string of the molecule is CN1CCCCC1CNc1cccc2c1CCCC2. The van der Waals surface area contributed by atoms with Crippen LogP contribution in [-0.4, -0.2) is 31.1 Å². The standard InChI is InChI=1S/C17H26N2/c1-19-12-5-4-9-15(19)13-18-17-11-6-8-14-7-2-3-10-16(14)17/h6,8,11,15,18H,2-5,7,9-10,12-13H2,1H3. The molecule has 1 aliphatic heterocycles. The molecular weight excluding hydrogens is 232 g/mol. The lowest BCUT2D eigenvalue weighted by atomic mass is 9.90. The molecule has 1 fully saturated rings. The third-order valence-electron chi connectivity index (χ3n) is 4.85. The molecule has 104 valence electrons. The van der Waals surface area contributed by atoms with Crippen molar-refractivity contribution in [3.05, 3.63) is 29.3 Å². The smallest absolute Gasteiger partial charge is 0.0376 e. The Balaban J connectivity index is 1.66. The number of benzene rings is 1. The fourth-order valence-corrected chi connectivity index (χ4v) is 3.58. The molecule has 2 nitrogen and oxygen atoms in total. The van der Waals surface area contributed by atoms with E-state index in [1.165, 1.54) is 57.2 Å². The Morgan fingerprint density at radius 1 is 1.16 bits per heavy atom. The van der Waals surface area contributed by atoms with Crippen LogP contribution in [0.4, 0.5) is 5.69 Å². The van der Waals surface area contributed by atoms with Crippen molar-refractivity contribution in [3.8, 4) is 0 Å². The second kappa shape index (κ2) is 5.96. The molecule has 0 radical (unpaired) electrons. The van der Waals surface area contributed by atoms with E-state index >= 15 is 0 Å². The first-order chi connectivity index (χ1) is 9.34. The molecule has 1 aliphatic carbocycles. The number of hydrogen-bond acceptors (Lipinski definition) is 2. The van der Waals surface area contributed by atoms with Gasteiger partial charge in [0.1, 0.15) is 0 Å². The van der Waals surface area contributed by atoms with E-state index < -0.39 is 0 Å². The number of hydrogen-bond donors (Lipinski definition) is 1. The zero-order valence-corrected chi connectivity index (χ0v) is 12.1. The molecule has 1 aromatic rings. The molecule has 0 spiro atoms. The minimum Gasteiger partial charge on any atom is -0.383 e. The highest BCUT2D eigenvalue weighted by molar-refractivity contribution is 5.55. The number of nitrogens with zero attached hydrogens (tertiary/aromatic N) is 1. The summed E-state index contributed by atoms with van der Waals surface area (Å²) >= 11 is 0. The van der Waals surface area contributed by atoms with Gasteiger partial charge in [-0.2, -0.15) is 0 Å². The van der Waals surface area contributed by atoms with Gasteiger partial charge < -0.3 is 10.2 Å². The van der Waals surface area contributed by atoms with Crippen LogP contribution < -0.4 is 5.32 Å². The van der Waals surface area contributed by atoms with Crippen molar-refractivity contribution in [1.82, 2.24) is 4.90 Å². The van der Waals surface area contributed by atoms with Crippen molar-refractivity contribution >= 4 is 5.69 Å². The fourth-order valence-electron chi connectivity index (χ4n) is 3.58. The molecule has 19 heavy (non-hydrogen) atoms. The molecule has 0 bridgehead atoms. The van der Waals surface area contributed by atoms with E-state index in [1.54, 1.807) is 11.1 Å². The molecule has 0 saturated carbocycles. The van der Waals surface area contributed by atoms with Gasteiger partial charge in [0.2, 0.25) is 0 Å². The summed E-state index contributed by atoms with van der Waals surface area (Å²) < 4.78 is 0. The lowest BCUT2D eigenvalue weighted by Crippen LogP contribution is -2.40. The Hall–Kier alpha value is -1.02. The summed E-state index contributed by atoms with van der Waals surface area (Å²) in [5, 5.41) is 3.73. The van der Waals surface area contributed by atoms with E-state index in [9.17, 15) is 0 Å². The number of nitrogens with one attached hydrogen (secondary N) is 1. The van der Waals surface area contributed by atoms with E-state index in [1.807, 2.05) is 0 Å². The number of piperidine rings is 1. The summed E-state index contributed by atoms with van der Waals surface area (Å²) in [5.74, 6) is 0. The number of anilines is 1. The van der Waals surface area contributed by atoms with Gasteiger partial charge in [-0.15, -0.1) is 0 Å². The van der Waals surface area contributed by atoms with Crippen LogP contribution in [0.5, 0.6) is 0 Å². The molecule has 1 N–H and O–H groups in total. The minimum atomic E-state index is 0.716. The van der Waals surface area contributed by atoms with Gasteiger partial charge in [-0.1, -0.05) is 18.6 Å². The first kappa shape index (κ1) is 13.0. The summed E-state index contributed by atoms with van der Waals surface area (Å²) in [6, 6.07) is 7.52. The summed E-state index contributed by atoms with van der Waals surface area (Å²) in [6.45, 7) is 2.37. The summed E-state index contributed by atoms with van der Waals surface area (Å²) in [5.41, 5.74) is 4.57. The van der Waals surface area contributed by atoms with Gasteiger partial charge in [0.25, 0.3) is 0 Å². The molecule has 1 aromatic carbocycles. The summed E-state index contributed by atoms with van der Waals surface area (Å²) in [6.07, 6.45) is 9.36. The topological polar surface area (TPSA) is 15.3 Å². The molecule has 0 amide bonds. The van der Waals surface area contributed by atoms with Crippen LogP contribution in [-0.2, 0) is 12.8 Å². The van der Waals surface area contributed by atoms with Crippen molar-refractivity contribution in [2.24, 2.45) is 0 Å². The Labute approximate surface area is 117 Å². The van der Waals surface area contributed by atoms with Crippen LogP contribution in [0.15, 0.2) is 18.2 Å². The van der Waals surface area contributed by atoms with E-state index in [2.05, 4.69) is 35.5 Å². The zero-order valence-electron chi connectivity index (χ0n) is 12.1. The Kier molecular flexibility index (Phi) is 4.07. The van der Waals surface area contributed by atoms with Crippen LogP contribution in [0.25, 0.3) is 0 Å². The monoisotopic (exact) mass is 258 g/mol. The maximum Gasteiger partial charge on any atom is 0.0376 e. The van der Waals surface area contributed by atoms with Gasteiger partial charge in [-0.05, 0) is 69.3 Å². The average molecular weight is 258 g/mol. The first-order valence-electron chi connectivity index (χ1n) is 7.89. The van der Waals surface area contributed by atoms with Gasteiger partial charge >= 0.3 is 0 Å². The van der Waals surface area contributed by atoms with Crippen molar-refractivity contribution in [1.29, 1.82) is 0 Å². The second-order valence-electron chi connectivity index (χ2n) is 6.16. The molecule has 1 heterocycles. The van der Waals surface area contributed by atoms with Crippen LogP contribution in [0, 0.1) is 0 Å². The maximum absolute atomic E-state index is 3.73. The lowest BCUT2D eigenvalue weighted by molar-refractivity contribution is 0.194. The van der Waals surface area contributed by atoms with Gasteiger partial charge in [-0.25, -0.2) is 0 Å². The van der Waals surface area contributed by atoms with Crippen molar-refractivity contribution < 1.29 is 0 Å². The number of likely N-dealkylation sites (N-methyl/N-ethyl adjacent to an activating group) is 1. The summed E-state index contributed by atoms with van der Waals surface area (Å²) in [7, 11) is 2.27. The highest BCUT2D eigenvalue weighted by Gasteiger charge is 2.19. The van der Waals surface area contributed by atoms with Crippen molar-refractivity contribution in [3.63, 3.8) is 0 Å². The largest absolute Gasteiger partial charge is 0.383 e. The number of likely N-dealkylation sites (tertiary alicyclic amines) is 1. The van der Waals surface area contributed by atoms with Crippen molar-refractivity contribution in [2.75, 3.05) is 25.5 Å². The number of aryl methyl sites for hydroxylation is 1. The van der Waals surface area contributed by atoms with E-state index in [0.29, 0.717) is 6.04 Å².